The maximum atomic E-state index is 5.37. The normalized spacial score (nSPS) is 13.6. The minimum atomic E-state index is 0.920. The van der Waals surface area contributed by atoms with E-state index in [1.807, 2.05) is 6.20 Å². The molecule has 0 bridgehead atoms. The molecule has 0 fully saturated rings. The predicted octanol–water partition coefficient (Wildman–Crippen LogP) is 2.93. The maximum absolute atomic E-state index is 5.37. The lowest BCUT2D eigenvalue weighted by molar-refractivity contribution is 0.432. The number of anilines is 1. The van der Waals surface area contributed by atoms with E-state index in [0.29, 0.717) is 0 Å². The molecule has 3 heteroatoms. The van der Waals surface area contributed by atoms with E-state index in [2.05, 4.69) is 36.5 Å². The van der Waals surface area contributed by atoms with Crippen LogP contribution in [-0.2, 0) is 6.42 Å². The van der Waals surface area contributed by atoms with Gasteiger partial charge in [-0.3, -0.25) is 0 Å². The Morgan fingerprint density at radius 3 is 3.06 bits per heavy atom. The fourth-order valence-corrected chi connectivity index (χ4v) is 2.22. The number of fused-ring (bicyclic) bond motifs is 3. The zero-order chi connectivity index (χ0) is 11.1. The van der Waals surface area contributed by atoms with E-state index in [1.165, 1.54) is 22.4 Å². The fraction of sp³-hybridized carbons (Fsp3) is 0.308. The smallest absolute Gasteiger partial charge is 0.172 e. The number of nitrogens with one attached hydrogen (secondary N) is 1. The van der Waals surface area contributed by atoms with E-state index in [0.717, 1.165) is 24.3 Å². The third-order valence-electron chi connectivity index (χ3n) is 3.32. The Labute approximate surface area is 94.5 Å². The van der Waals surface area contributed by atoms with Crippen LogP contribution in [-0.4, -0.2) is 11.7 Å². The van der Waals surface area contributed by atoms with Crippen LogP contribution in [0.5, 0.6) is 0 Å². The van der Waals surface area contributed by atoms with Crippen LogP contribution in [0.3, 0.4) is 0 Å². The number of benzene rings is 1. The molecule has 0 saturated heterocycles. The van der Waals surface area contributed by atoms with Gasteiger partial charge in [-0.1, -0.05) is 11.2 Å². The highest BCUT2D eigenvalue weighted by Crippen LogP contribution is 2.36. The van der Waals surface area contributed by atoms with Crippen LogP contribution in [0, 0.1) is 13.8 Å². The molecule has 0 atom stereocenters. The topological polar surface area (TPSA) is 38.1 Å². The lowest BCUT2D eigenvalue weighted by Gasteiger charge is -2.12. The molecule has 3 nitrogen and oxygen atoms in total. The summed E-state index contributed by atoms with van der Waals surface area (Å²) in [5, 5.41) is 7.37. The van der Waals surface area contributed by atoms with Crippen LogP contribution in [0.2, 0.25) is 0 Å². The summed E-state index contributed by atoms with van der Waals surface area (Å²) >= 11 is 0. The molecular formula is C13H14N2O. The summed E-state index contributed by atoms with van der Waals surface area (Å²) in [6, 6.07) is 4.24. The van der Waals surface area contributed by atoms with Gasteiger partial charge in [0.25, 0.3) is 0 Å². The second kappa shape index (κ2) is 3.37. The number of hydrogen-bond donors (Lipinski definition) is 1. The van der Waals surface area contributed by atoms with E-state index in [9.17, 15) is 0 Å². The minimum Gasteiger partial charge on any atom is -0.384 e. The van der Waals surface area contributed by atoms with E-state index in [-0.39, 0.29) is 0 Å². The number of hydrogen-bond acceptors (Lipinski definition) is 3. The molecule has 16 heavy (non-hydrogen) atoms. The molecule has 82 valence electrons. The molecule has 0 radical (unpaired) electrons. The minimum absolute atomic E-state index is 0.920. The molecule has 1 aliphatic heterocycles. The van der Waals surface area contributed by atoms with Gasteiger partial charge in [0.15, 0.2) is 5.76 Å². The largest absolute Gasteiger partial charge is 0.384 e. The van der Waals surface area contributed by atoms with Crippen molar-refractivity contribution in [1.82, 2.24) is 5.16 Å². The molecule has 0 spiro atoms. The Morgan fingerprint density at radius 1 is 1.31 bits per heavy atom. The highest BCUT2D eigenvalue weighted by atomic mass is 16.5. The number of aromatic nitrogens is 1. The summed E-state index contributed by atoms with van der Waals surface area (Å²) in [5.74, 6) is 0.920. The molecule has 2 heterocycles. The van der Waals surface area contributed by atoms with Crippen LogP contribution in [0.4, 0.5) is 5.69 Å². The molecule has 0 unspecified atom stereocenters. The number of rotatable bonds is 0. The van der Waals surface area contributed by atoms with Crippen LogP contribution >= 0.6 is 0 Å². The van der Waals surface area contributed by atoms with Gasteiger partial charge in [0.2, 0.25) is 0 Å². The Bertz CT molecular complexity index is 543. The van der Waals surface area contributed by atoms with E-state index in [1.54, 1.807) is 0 Å². The van der Waals surface area contributed by atoms with Gasteiger partial charge in [-0.2, -0.15) is 0 Å². The lowest BCUT2D eigenvalue weighted by Crippen LogP contribution is -2.04. The summed E-state index contributed by atoms with van der Waals surface area (Å²) in [7, 11) is 0. The van der Waals surface area contributed by atoms with Crippen LogP contribution in [0.1, 0.15) is 16.7 Å². The standard InChI is InChI=1S/C13H14N2O/c1-8-3-4-11-12(9(8)2)14-6-5-10-7-15-16-13(10)11/h3-4,7,14H,5-6H2,1-2H3. The number of nitrogens with zero attached hydrogens (tertiary/aromatic N) is 1. The first-order valence-corrected chi connectivity index (χ1v) is 5.55. The third kappa shape index (κ3) is 1.24. The van der Waals surface area contributed by atoms with Crippen molar-refractivity contribution in [2.24, 2.45) is 0 Å². The van der Waals surface area contributed by atoms with E-state index in [4.69, 9.17) is 4.52 Å². The molecule has 1 aromatic heterocycles. The molecule has 1 aromatic carbocycles. The van der Waals surface area contributed by atoms with Gasteiger partial charge in [-0.25, -0.2) is 0 Å². The first-order chi connectivity index (χ1) is 7.77. The summed E-state index contributed by atoms with van der Waals surface area (Å²) in [4.78, 5) is 0. The molecule has 1 N–H and O–H groups in total. The SMILES string of the molecule is Cc1ccc2c(c1C)NCCc1cnoc1-2. The lowest BCUT2D eigenvalue weighted by atomic mass is 10.0. The van der Waals surface area contributed by atoms with Crippen molar-refractivity contribution in [1.29, 1.82) is 0 Å². The molecule has 1 aliphatic rings. The quantitative estimate of drug-likeness (QED) is 0.732. The first-order valence-electron chi connectivity index (χ1n) is 5.55. The Hall–Kier alpha value is -1.77. The van der Waals surface area contributed by atoms with Gasteiger partial charge < -0.3 is 9.84 Å². The summed E-state index contributed by atoms with van der Waals surface area (Å²) < 4.78 is 5.37. The van der Waals surface area contributed by atoms with Crippen molar-refractivity contribution in [2.75, 3.05) is 11.9 Å². The first kappa shape index (κ1) is 9.46. The maximum Gasteiger partial charge on any atom is 0.172 e. The van der Waals surface area contributed by atoms with Crippen molar-refractivity contribution in [3.05, 3.63) is 35.0 Å². The summed E-state index contributed by atoms with van der Waals surface area (Å²) in [6.45, 7) is 5.21. The second-order valence-electron chi connectivity index (χ2n) is 4.29. The average molecular weight is 214 g/mol. The highest BCUT2D eigenvalue weighted by molar-refractivity contribution is 5.80. The molecular weight excluding hydrogens is 200 g/mol. The average Bonchev–Trinajstić information content (AvgIpc) is 2.66. The molecule has 0 saturated carbocycles. The highest BCUT2D eigenvalue weighted by Gasteiger charge is 2.19. The van der Waals surface area contributed by atoms with Crippen molar-refractivity contribution in [3.63, 3.8) is 0 Å². The Balaban J connectivity index is 2.29. The molecule has 2 aromatic rings. The Morgan fingerprint density at radius 2 is 2.19 bits per heavy atom. The van der Waals surface area contributed by atoms with Crippen molar-refractivity contribution >= 4 is 5.69 Å². The van der Waals surface area contributed by atoms with Gasteiger partial charge in [0, 0.05) is 23.4 Å². The summed E-state index contributed by atoms with van der Waals surface area (Å²) in [5.41, 5.74) is 6.11. The predicted molar refractivity (Wildman–Crippen MR) is 63.6 cm³/mol. The van der Waals surface area contributed by atoms with Crippen LogP contribution in [0.25, 0.3) is 11.3 Å². The third-order valence-corrected chi connectivity index (χ3v) is 3.32. The van der Waals surface area contributed by atoms with Crippen LogP contribution in [0.15, 0.2) is 22.9 Å². The molecule has 0 amide bonds. The monoisotopic (exact) mass is 214 g/mol. The van der Waals surface area contributed by atoms with Crippen molar-refractivity contribution < 1.29 is 4.52 Å². The fourth-order valence-electron chi connectivity index (χ4n) is 2.22. The van der Waals surface area contributed by atoms with Crippen molar-refractivity contribution in [2.45, 2.75) is 20.3 Å². The summed E-state index contributed by atoms with van der Waals surface area (Å²) in [6.07, 6.45) is 2.79. The van der Waals surface area contributed by atoms with Gasteiger partial charge in [0.05, 0.1) is 6.20 Å². The van der Waals surface area contributed by atoms with Crippen molar-refractivity contribution in [3.8, 4) is 11.3 Å². The Kier molecular flexibility index (Phi) is 1.99. The molecule has 3 rings (SSSR count). The zero-order valence-corrected chi connectivity index (χ0v) is 9.50. The second-order valence-corrected chi connectivity index (χ2v) is 4.29. The van der Waals surface area contributed by atoms with Gasteiger partial charge >= 0.3 is 0 Å². The van der Waals surface area contributed by atoms with Gasteiger partial charge in [0.1, 0.15) is 0 Å². The number of aryl methyl sites for hydroxylation is 1. The van der Waals surface area contributed by atoms with Gasteiger partial charge in [-0.15, -0.1) is 0 Å². The van der Waals surface area contributed by atoms with E-state index < -0.39 is 0 Å². The van der Waals surface area contributed by atoms with Crippen LogP contribution < -0.4 is 5.32 Å². The van der Waals surface area contributed by atoms with E-state index >= 15 is 0 Å². The molecule has 0 aliphatic carbocycles. The van der Waals surface area contributed by atoms with Gasteiger partial charge in [-0.05, 0) is 37.5 Å². The zero-order valence-electron chi connectivity index (χ0n) is 9.50.